The molecule has 0 saturated heterocycles. The van der Waals surface area contributed by atoms with Gasteiger partial charge in [-0.15, -0.1) is 0 Å². The molecule has 0 spiro atoms. The molecule has 2 amide bonds. The molecule has 170 valence electrons. The lowest BCUT2D eigenvalue weighted by atomic mass is 9.95. The minimum absolute atomic E-state index is 0.133. The van der Waals surface area contributed by atoms with E-state index in [1.54, 1.807) is 31.4 Å². The molecule has 1 aliphatic heterocycles. The maximum absolute atomic E-state index is 13.1. The highest BCUT2D eigenvalue weighted by atomic mass is 16.5. The zero-order valence-corrected chi connectivity index (χ0v) is 19.8. The maximum atomic E-state index is 13.1. The van der Waals surface area contributed by atoms with E-state index in [1.165, 1.54) is 4.90 Å². The maximum Gasteiger partial charge on any atom is 0.261 e. The number of para-hydroxylation sites is 1. The highest BCUT2D eigenvalue weighted by Gasteiger charge is 2.35. The molecule has 0 radical (unpaired) electrons. The second-order valence-corrected chi connectivity index (χ2v) is 9.00. The number of hydrogen-bond donors (Lipinski definition) is 0. The van der Waals surface area contributed by atoms with Gasteiger partial charge < -0.3 is 4.74 Å². The minimum atomic E-state index is -0.279. The lowest BCUT2D eigenvalue weighted by Gasteiger charge is -2.20. The molecular formula is C29H26N2O3. The van der Waals surface area contributed by atoms with Gasteiger partial charge in [0, 0.05) is 10.9 Å². The van der Waals surface area contributed by atoms with Gasteiger partial charge in [0.15, 0.2) is 0 Å². The minimum Gasteiger partial charge on any atom is -0.496 e. The average Bonchev–Trinajstić information content (AvgIpc) is 3.08. The summed E-state index contributed by atoms with van der Waals surface area (Å²) in [7, 11) is 1.64. The quantitative estimate of drug-likeness (QED) is 0.343. The van der Waals surface area contributed by atoms with Gasteiger partial charge in [0.25, 0.3) is 11.8 Å². The third kappa shape index (κ3) is 3.54. The van der Waals surface area contributed by atoms with Gasteiger partial charge in [0.05, 0.1) is 36.0 Å². The highest BCUT2D eigenvalue weighted by Crippen LogP contribution is 2.37. The van der Waals surface area contributed by atoms with Crippen LogP contribution in [0.4, 0.5) is 0 Å². The van der Waals surface area contributed by atoms with E-state index < -0.39 is 0 Å². The van der Waals surface area contributed by atoms with E-state index >= 15 is 0 Å². The van der Waals surface area contributed by atoms with Crippen molar-refractivity contribution < 1.29 is 14.3 Å². The van der Waals surface area contributed by atoms with Crippen molar-refractivity contribution in [1.82, 2.24) is 9.88 Å². The van der Waals surface area contributed by atoms with E-state index in [0.29, 0.717) is 22.8 Å². The van der Waals surface area contributed by atoms with Gasteiger partial charge in [-0.2, -0.15) is 0 Å². The van der Waals surface area contributed by atoms with Gasteiger partial charge in [0.2, 0.25) is 0 Å². The lowest BCUT2D eigenvalue weighted by molar-refractivity contribution is 0.0642. The number of nitrogens with zero attached hydrogens (tertiary/aromatic N) is 2. The van der Waals surface area contributed by atoms with Crippen molar-refractivity contribution in [3.63, 3.8) is 0 Å². The fourth-order valence-electron chi connectivity index (χ4n) is 4.57. The Morgan fingerprint density at radius 3 is 2.24 bits per heavy atom. The van der Waals surface area contributed by atoms with Crippen molar-refractivity contribution in [2.75, 3.05) is 7.11 Å². The number of carbonyl (C=O) groups excluding carboxylic acids is 2. The number of rotatable bonds is 5. The molecule has 0 unspecified atom stereocenters. The van der Waals surface area contributed by atoms with Crippen molar-refractivity contribution >= 4 is 22.7 Å². The van der Waals surface area contributed by atoms with E-state index in [1.807, 2.05) is 37.3 Å². The molecule has 0 atom stereocenters. The molecule has 0 fully saturated rings. The summed E-state index contributed by atoms with van der Waals surface area (Å²) in [5.74, 6) is 0.470. The number of carbonyl (C=O) groups is 2. The van der Waals surface area contributed by atoms with Crippen LogP contribution in [0.25, 0.3) is 22.2 Å². The summed E-state index contributed by atoms with van der Waals surface area (Å²) < 4.78 is 5.71. The van der Waals surface area contributed by atoms with Gasteiger partial charge in [-0.25, -0.2) is 4.98 Å². The van der Waals surface area contributed by atoms with E-state index in [4.69, 9.17) is 9.72 Å². The molecule has 0 aliphatic carbocycles. The van der Waals surface area contributed by atoms with E-state index in [9.17, 15) is 9.59 Å². The molecule has 34 heavy (non-hydrogen) atoms. The number of amides is 2. The Labute approximate surface area is 199 Å². The Bertz CT molecular complexity index is 1420. The summed E-state index contributed by atoms with van der Waals surface area (Å²) in [4.78, 5) is 32.6. The monoisotopic (exact) mass is 450 g/mol. The van der Waals surface area contributed by atoms with E-state index in [0.717, 1.165) is 38.9 Å². The summed E-state index contributed by atoms with van der Waals surface area (Å²) in [6, 6.07) is 21.1. The number of aryl methyl sites for hydroxylation is 1. The van der Waals surface area contributed by atoms with Crippen molar-refractivity contribution in [2.45, 2.75) is 33.2 Å². The molecule has 5 nitrogen and oxygen atoms in total. The first kappa shape index (κ1) is 21.8. The predicted octanol–water partition coefficient (Wildman–Crippen LogP) is 6.14. The number of imide groups is 1. The highest BCUT2D eigenvalue weighted by molar-refractivity contribution is 6.21. The zero-order chi connectivity index (χ0) is 24.0. The molecule has 0 saturated carbocycles. The number of hydrogen-bond acceptors (Lipinski definition) is 4. The molecule has 1 aromatic heterocycles. The SMILES string of the molecule is COc1ccc(C(C)C)cc1-c1nc2c(C)cccc2cc1CN1C(=O)c2ccccc2C1=O. The standard InChI is InChI=1S/C29H26N2O3/c1-17(2)19-12-13-25(34-4)24(15-19)27-21(14-20-9-7-8-18(3)26(20)30-27)16-31-28(32)22-10-5-6-11-23(22)29(31)33/h5-15,17H,16H2,1-4H3. The van der Waals surface area contributed by atoms with Crippen LogP contribution in [-0.2, 0) is 6.54 Å². The smallest absolute Gasteiger partial charge is 0.261 e. The predicted molar refractivity (Wildman–Crippen MR) is 133 cm³/mol. The molecule has 3 aromatic carbocycles. The Morgan fingerprint density at radius 1 is 0.882 bits per heavy atom. The van der Waals surface area contributed by atoms with Crippen LogP contribution in [0.3, 0.4) is 0 Å². The van der Waals surface area contributed by atoms with Crippen molar-refractivity contribution in [2.24, 2.45) is 0 Å². The first-order valence-electron chi connectivity index (χ1n) is 11.4. The van der Waals surface area contributed by atoms with Gasteiger partial charge in [-0.1, -0.05) is 50.2 Å². The number of benzene rings is 3. The lowest BCUT2D eigenvalue weighted by Crippen LogP contribution is -2.29. The summed E-state index contributed by atoms with van der Waals surface area (Å²) in [6.45, 7) is 6.45. The van der Waals surface area contributed by atoms with Crippen LogP contribution in [0.2, 0.25) is 0 Å². The molecule has 5 heteroatoms. The summed E-state index contributed by atoms with van der Waals surface area (Å²) in [5, 5.41) is 0.967. The number of fused-ring (bicyclic) bond motifs is 2. The normalized spacial score (nSPS) is 13.1. The number of methoxy groups -OCH3 is 1. The van der Waals surface area contributed by atoms with Gasteiger partial charge in [0.1, 0.15) is 5.75 Å². The van der Waals surface area contributed by atoms with Crippen LogP contribution in [0, 0.1) is 6.92 Å². The van der Waals surface area contributed by atoms with E-state index in [-0.39, 0.29) is 18.4 Å². The van der Waals surface area contributed by atoms with Crippen LogP contribution in [-0.4, -0.2) is 28.8 Å². The second-order valence-electron chi connectivity index (χ2n) is 9.00. The Morgan fingerprint density at radius 2 is 1.59 bits per heavy atom. The number of pyridine rings is 1. The van der Waals surface area contributed by atoms with Crippen LogP contribution in [0.5, 0.6) is 5.75 Å². The average molecular weight is 451 g/mol. The molecule has 0 N–H and O–H groups in total. The third-order valence-corrected chi connectivity index (χ3v) is 6.48. The van der Waals surface area contributed by atoms with Gasteiger partial charge in [-0.05, 0) is 59.9 Å². The Kier molecular flexibility index (Phi) is 5.40. The summed E-state index contributed by atoms with van der Waals surface area (Å²) in [6.07, 6.45) is 0. The topological polar surface area (TPSA) is 59.5 Å². The summed E-state index contributed by atoms with van der Waals surface area (Å²) >= 11 is 0. The fourth-order valence-corrected chi connectivity index (χ4v) is 4.57. The van der Waals surface area contributed by atoms with Gasteiger partial charge in [-0.3, -0.25) is 14.5 Å². The molecule has 1 aliphatic rings. The molecule has 4 aromatic rings. The number of ether oxygens (including phenoxy) is 1. The summed E-state index contributed by atoms with van der Waals surface area (Å²) in [5.41, 5.74) is 6.37. The first-order chi connectivity index (χ1) is 16.4. The van der Waals surface area contributed by atoms with E-state index in [2.05, 4.69) is 26.0 Å². The fraction of sp³-hybridized carbons (Fsp3) is 0.207. The third-order valence-electron chi connectivity index (χ3n) is 6.48. The van der Waals surface area contributed by atoms with Crippen LogP contribution in [0.15, 0.2) is 66.7 Å². The van der Waals surface area contributed by atoms with Gasteiger partial charge >= 0.3 is 0 Å². The zero-order valence-electron chi connectivity index (χ0n) is 19.8. The Hall–Kier alpha value is -3.99. The van der Waals surface area contributed by atoms with Crippen LogP contribution >= 0.6 is 0 Å². The first-order valence-corrected chi connectivity index (χ1v) is 11.4. The van der Waals surface area contributed by atoms with Crippen LogP contribution in [0.1, 0.15) is 57.2 Å². The van der Waals surface area contributed by atoms with Crippen molar-refractivity contribution in [3.05, 3.63) is 94.5 Å². The largest absolute Gasteiger partial charge is 0.496 e. The Balaban J connectivity index is 1.70. The number of aromatic nitrogens is 1. The molecular weight excluding hydrogens is 424 g/mol. The molecule has 0 bridgehead atoms. The van der Waals surface area contributed by atoms with Crippen LogP contribution < -0.4 is 4.74 Å². The molecule has 2 heterocycles. The second kappa shape index (κ2) is 8.41. The van der Waals surface area contributed by atoms with Crippen molar-refractivity contribution in [3.8, 4) is 17.0 Å². The molecule has 5 rings (SSSR count). The van der Waals surface area contributed by atoms with Crippen molar-refractivity contribution in [1.29, 1.82) is 0 Å².